The Bertz CT molecular complexity index is 847. The van der Waals surface area contributed by atoms with Crippen molar-refractivity contribution in [2.45, 2.75) is 36.5 Å². The van der Waals surface area contributed by atoms with Crippen LogP contribution in [0.25, 0.3) is 0 Å². The Hall–Kier alpha value is -2.05. The Labute approximate surface area is 161 Å². The molecule has 1 heterocycles. The molecular formula is C21H27NO4S. The Balaban J connectivity index is 1.64. The maximum absolute atomic E-state index is 12.9. The van der Waals surface area contributed by atoms with Gasteiger partial charge >= 0.3 is 0 Å². The molecule has 2 aromatic rings. The van der Waals surface area contributed by atoms with E-state index in [0.29, 0.717) is 17.7 Å². The van der Waals surface area contributed by atoms with Crippen molar-refractivity contribution in [3.05, 3.63) is 53.6 Å². The van der Waals surface area contributed by atoms with Crippen molar-refractivity contribution in [3.63, 3.8) is 0 Å². The summed E-state index contributed by atoms with van der Waals surface area (Å²) in [5.74, 6) is 1.53. The van der Waals surface area contributed by atoms with Gasteiger partial charge in [-0.25, -0.2) is 8.42 Å². The fourth-order valence-corrected chi connectivity index (χ4v) is 5.25. The summed E-state index contributed by atoms with van der Waals surface area (Å²) in [4.78, 5) is 2.72. The van der Waals surface area contributed by atoms with Crippen molar-refractivity contribution in [3.8, 4) is 11.5 Å². The number of ether oxygens (including phenoxy) is 2. The van der Waals surface area contributed by atoms with E-state index < -0.39 is 9.84 Å². The number of rotatable bonds is 6. The van der Waals surface area contributed by atoms with Crippen molar-refractivity contribution in [2.75, 3.05) is 27.3 Å². The first-order valence-electron chi connectivity index (χ1n) is 9.17. The van der Waals surface area contributed by atoms with Crippen LogP contribution in [0.15, 0.2) is 47.4 Å². The van der Waals surface area contributed by atoms with E-state index in [9.17, 15) is 8.42 Å². The maximum atomic E-state index is 12.9. The molecule has 0 aromatic heterocycles. The molecule has 0 saturated carbocycles. The molecule has 0 aliphatic carbocycles. The number of aryl methyl sites for hydroxylation is 1. The summed E-state index contributed by atoms with van der Waals surface area (Å²) >= 11 is 0. The van der Waals surface area contributed by atoms with Crippen LogP contribution < -0.4 is 9.47 Å². The SMILES string of the molecule is COc1cc(CN2CCC(S(=O)(=O)c3ccc(C)cc3)CC2)cc(OC)c1. The predicted octanol–water partition coefficient (Wildman–Crippen LogP) is 3.45. The minimum Gasteiger partial charge on any atom is -0.497 e. The van der Waals surface area contributed by atoms with Crippen LogP contribution in [0, 0.1) is 6.92 Å². The van der Waals surface area contributed by atoms with E-state index in [1.807, 2.05) is 37.3 Å². The number of sulfone groups is 1. The second-order valence-electron chi connectivity index (χ2n) is 7.05. The molecule has 1 fully saturated rings. The molecule has 6 heteroatoms. The lowest BCUT2D eigenvalue weighted by molar-refractivity contribution is 0.221. The number of methoxy groups -OCH3 is 2. The Kier molecular flexibility index (Phi) is 6.07. The molecule has 0 spiro atoms. The maximum Gasteiger partial charge on any atom is 0.181 e. The van der Waals surface area contributed by atoms with Gasteiger partial charge in [-0.2, -0.15) is 0 Å². The average molecular weight is 390 g/mol. The van der Waals surface area contributed by atoms with E-state index >= 15 is 0 Å². The topological polar surface area (TPSA) is 55.8 Å². The van der Waals surface area contributed by atoms with E-state index in [4.69, 9.17) is 9.47 Å². The second kappa shape index (κ2) is 8.31. The van der Waals surface area contributed by atoms with Gasteiger partial charge in [0.25, 0.3) is 0 Å². The number of hydrogen-bond acceptors (Lipinski definition) is 5. The molecule has 27 heavy (non-hydrogen) atoms. The summed E-state index contributed by atoms with van der Waals surface area (Å²) < 4.78 is 36.4. The average Bonchev–Trinajstić information content (AvgIpc) is 2.68. The van der Waals surface area contributed by atoms with E-state index in [2.05, 4.69) is 4.90 Å². The molecule has 5 nitrogen and oxygen atoms in total. The molecule has 0 radical (unpaired) electrons. The molecule has 1 aliphatic rings. The van der Waals surface area contributed by atoms with Crippen LogP contribution in [-0.2, 0) is 16.4 Å². The minimum atomic E-state index is -3.26. The van der Waals surface area contributed by atoms with Crippen molar-refractivity contribution in [1.82, 2.24) is 4.90 Å². The monoisotopic (exact) mass is 389 g/mol. The van der Waals surface area contributed by atoms with Crippen LogP contribution in [0.5, 0.6) is 11.5 Å². The molecule has 0 amide bonds. The predicted molar refractivity (Wildman–Crippen MR) is 106 cm³/mol. The number of hydrogen-bond donors (Lipinski definition) is 0. The highest BCUT2D eigenvalue weighted by atomic mass is 32.2. The fourth-order valence-electron chi connectivity index (χ4n) is 3.51. The molecule has 1 aliphatic heterocycles. The number of benzene rings is 2. The fraction of sp³-hybridized carbons (Fsp3) is 0.429. The van der Waals surface area contributed by atoms with Crippen LogP contribution in [0.4, 0.5) is 0 Å². The van der Waals surface area contributed by atoms with Gasteiger partial charge in [-0.3, -0.25) is 4.90 Å². The number of nitrogens with zero attached hydrogens (tertiary/aromatic N) is 1. The van der Waals surface area contributed by atoms with Crippen molar-refractivity contribution >= 4 is 9.84 Å². The standard InChI is InChI=1S/C21H27NO4S/c1-16-4-6-20(7-5-16)27(23,24)21-8-10-22(11-9-21)15-17-12-18(25-2)14-19(13-17)26-3/h4-7,12-14,21H,8-11,15H2,1-3H3. The van der Waals surface area contributed by atoms with Crippen molar-refractivity contribution < 1.29 is 17.9 Å². The first-order valence-corrected chi connectivity index (χ1v) is 10.7. The molecule has 1 saturated heterocycles. The van der Waals surface area contributed by atoms with Crippen LogP contribution in [0.2, 0.25) is 0 Å². The number of piperidine rings is 1. The smallest absolute Gasteiger partial charge is 0.181 e. The summed E-state index contributed by atoms with van der Waals surface area (Å²) in [6.07, 6.45) is 1.30. The third-order valence-corrected chi connectivity index (χ3v) is 7.42. The quantitative estimate of drug-likeness (QED) is 0.757. The lowest BCUT2D eigenvalue weighted by Crippen LogP contribution is -2.38. The van der Waals surface area contributed by atoms with E-state index in [0.717, 1.165) is 42.3 Å². The Morgan fingerprint density at radius 2 is 1.52 bits per heavy atom. The largest absolute Gasteiger partial charge is 0.497 e. The van der Waals surface area contributed by atoms with Gasteiger partial charge in [0.15, 0.2) is 9.84 Å². The lowest BCUT2D eigenvalue weighted by Gasteiger charge is -2.31. The van der Waals surface area contributed by atoms with Gasteiger partial charge in [0, 0.05) is 12.6 Å². The zero-order valence-corrected chi connectivity index (χ0v) is 17.0. The summed E-state index contributed by atoms with van der Waals surface area (Å²) in [6, 6.07) is 13.0. The molecule has 2 aromatic carbocycles. The van der Waals surface area contributed by atoms with Gasteiger partial charge in [-0.05, 0) is 62.7 Å². The summed E-state index contributed by atoms with van der Waals surface area (Å²) in [6.45, 7) is 4.23. The lowest BCUT2D eigenvalue weighted by atomic mass is 10.1. The van der Waals surface area contributed by atoms with Gasteiger partial charge in [-0.15, -0.1) is 0 Å². The van der Waals surface area contributed by atoms with E-state index in [1.54, 1.807) is 26.4 Å². The normalized spacial score (nSPS) is 16.3. The van der Waals surface area contributed by atoms with Crippen LogP contribution in [0.1, 0.15) is 24.0 Å². The molecular weight excluding hydrogens is 362 g/mol. The second-order valence-corrected chi connectivity index (χ2v) is 9.28. The third kappa shape index (κ3) is 4.62. The van der Waals surface area contributed by atoms with E-state index in [-0.39, 0.29) is 5.25 Å². The van der Waals surface area contributed by atoms with Crippen LogP contribution in [0.3, 0.4) is 0 Å². The van der Waals surface area contributed by atoms with Crippen LogP contribution in [-0.4, -0.2) is 45.9 Å². The molecule has 0 atom stereocenters. The molecule has 3 rings (SSSR count). The van der Waals surface area contributed by atoms with Gasteiger partial charge < -0.3 is 9.47 Å². The summed E-state index contributed by atoms with van der Waals surface area (Å²) in [7, 11) is 0.0147. The van der Waals surface area contributed by atoms with Crippen molar-refractivity contribution in [2.24, 2.45) is 0 Å². The highest BCUT2D eigenvalue weighted by Gasteiger charge is 2.31. The van der Waals surface area contributed by atoms with Crippen molar-refractivity contribution in [1.29, 1.82) is 0 Å². The summed E-state index contributed by atoms with van der Waals surface area (Å²) in [5.41, 5.74) is 2.17. The van der Waals surface area contributed by atoms with Gasteiger partial charge in [0.1, 0.15) is 11.5 Å². The highest BCUT2D eigenvalue weighted by molar-refractivity contribution is 7.92. The van der Waals surface area contributed by atoms with Gasteiger partial charge in [0.2, 0.25) is 0 Å². The first-order chi connectivity index (χ1) is 12.9. The zero-order valence-electron chi connectivity index (χ0n) is 16.1. The zero-order chi connectivity index (χ0) is 19.4. The van der Waals surface area contributed by atoms with E-state index in [1.165, 1.54) is 0 Å². The van der Waals surface area contributed by atoms with Gasteiger partial charge in [-0.1, -0.05) is 17.7 Å². The molecule has 0 N–H and O–H groups in total. The third-order valence-electron chi connectivity index (χ3n) is 5.14. The summed E-state index contributed by atoms with van der Waals surface area (Å²) in [5, 5.41) is -0.309. The highest BCUT2D eigenvalue weighted by Crippen LogP contribution is 2.27. The van der Waals surface area contributed by atoms with Gasteiger partial charge in [0.05, 0.1) is 24.4 Å². The minimum absolute atomic E-state index is 0.309. The Morgan fingerprint density at radius 3 is 2.04 bits per heavy atom. The molecule has 146 valence electrons. The molecule has 0 bridgehead atoms. The Morgan fingerprint density at radius 1 is 0.963 bits per heavy atom. The number of likely N-dealkylation sites (tertiary alicyclic amines) is 1. The first kappa shape index (κ1) is 19.7. The van der Waals surface area contributed by atoms with Crippen LogP contribution >= 0.6 is 0 Å². The molecule has 0 unspecified atom stereocenters.